The summed E-state index contributed by atoms with van der Waals surface area (Å²) >= 11 is 0. The maximum atomic E-state index is 12.6. The van der Waals surface area contributed by atoms with E-state index in [1.165, 1.54) is 101 Å². The molecule has 1 N–H and O–H groups in total. The van der Waals surface area contributed by atoms with Gasteiger partial charge < -0.3 is 17.1 Å². The fourth-order valence-corrected chi connectivity index (χ4v) is 50.9. The molecule has 0 saturated heterocycles. The van der Waals surface area contributed by atoms with Gasteiger partial charge in [0.1, 0.15) is 0 Å². The summed E-state index contributed by atoms with van der Waals surface area (Å²) in [7, 11) is -9.04. The van der Waals surface area contributed by atoms with E-state index >= 15 is 0 Å². The summed E-state index contributed by atoms with van der Waals surface area (Å²) in [6, 6.07) is 11.6. The van der Waals surface area contributed by atoms with E-state index in [-0.39, 0.29) is 0 Å². The quantitative estimate of drug-likeness (QED) is 0.0630. The van der Waals surface area contributed by atoms with Crippen LogP contribution < -0.4 is 0 Å². The van der Waals surface area contributed by atoms with Crippen LogP contribution in [0, 0.1) is 0 Å². The molecule has 10 heteroatoms. The second-order valence-corrected chi connectivity index (χ2v) is 39.3. The molecular weight excluding hydrogens is 717 g/mol. The molecule has 0 heterocycles. The van der Waals surface area contributed by atoms with Crippen LogP contribution in [0.3, 0.4) is 0 Å². The van der Waals surface area contributed by atoms with E-state index in [1.54, 1.807) is 0 Å². The molecule has 0 aromatic carbocycles. The number of hydrogen-bond acceptors (Lipinski definition) is 5. The maximum absolute atomic E-state index is 12.6. The van der Waals surface area contributed by atoms with Gasteiger partial charge in [0.25, 0.3) is 0 Å². The Labute approximate surface area is 325 Å². The zero-order valence-electron chi connectivity index (χ0n) is 35.9. The largest absolute Gasteiger partial charge is 0.428 e. The Morgan fingerprint density at radius 1 is 0.380 bits per heavy atom. The van der Waals surface area contributed by atoms with Gasteiger partial charge in [0.15, 0.2) is 0 Å². The number of unbranched alkanes of at least 4 members (excludes halogenated alkanes) is 10. The monoisotopic (exact) mass is 809 g/mol. The van der Waals surface area contributed by atoms with Crippen molar-refractivity contribution in [1.29, 1.82) is 0 Å². The van der Waals surface area contributed by atoms with E-state index in [9.17, 15) is 4.80 Å². The number of rotatable bonds is 38. The molecule has 4 nitrogen and oxygen atoms in total. The van der Waals surface area contributed by atoms with Crippen LogP contribution in [0.15, 0.2) is 0 Å². The summed E-state index contributed by atoms with van der Waals surface area (Å²) in [5, 5.41) is 0. The van der Waals surface area contributed by atoms with Crippen LogP contribution in [-0.2, 0) is 12.3 Å². The zero-order chi connectivity index (χ0) is 37.6. The highest BCUT2D eigenvalue weighted by atomic mass is 32.5. The van der Waals surface area contributed by atoms with Gasteiger partial charge in [0.2, 0.25) is 7.47 Å². The van der Waals surface area contributed by atoms with Crippen molar-refractivity contribution in [3.05, 3.63) is 0 Å². The Kier molecular flexibility index (Phi) is 32.3. The Hall–Kier alpha value is 1.27. The van der Waals surface area contributed by atoms with Gasteiger partial charge in [-0.15, -0.1) is 0 Å². The molecule has 0 fully saturated rings. The highest BCUT2D eigenvalue weighted by Gasteiger charge is 2.55. The number of hydrogen-bond donors (Lipinski definition) is 1. The van der Waals surface area contributed by atoms with E-state index in [0.717, 1.165) is 87.6 Å². The molecule has 0 aromatic rings. The van der Waals surface area contributed by atoms with E-state index < -0.39 is 41.1 Å². The summed E-state index contributed by atoms with van der Waals surface area (Å²) in [6.45, 7) is 23.4. The van der Waals surface area contributed by atoms with Crippen molar-refractivity contribution >= 4 is 51.8 Å². The normalized spacial score (nSPS) is 13.2. The molecule has 0 bridgehead atoms. The topological polar surface area (TPSA) is 47.9 Å². The summed E-state index contributed by atoms with van der Waals surface area (Å²) in [4.78, 5) is 12.6. The van der Waals surface area contributed by atoms with Gasteiger partial charge in [0.05, 0.1) is 7.95 Å². The summed E-state index contributed by atoms with van der Waals surface area (Å²) < 4.78 is 24.1. The van der Waals surface area contributed by atoms with Gasteiger partial charge in [-0.05, 0) is 48.4 Å². The van der Waals surface area contributed by atoms with Crippen LogP contribution in [0.25, 0.3) is 0 Å². The van der Waals surface area contributed by atoms with Crippen molar-refractivity contribution in [3.63, 3.8) is 0 Å². The van der Waals surface area contributed by atoms with E-state index in [4.69, 9.17) is 12.3 Å². The maximum Gasteiger partial charge on any atom is 0.326 e. The standard InChI is InChI=1S/C40H92O4SSi5/c1-11-21-31-46(32-22-12-2)45-50(39-29-19-9,40-30-20-10)44-49(37-27-17-7,38-28-18-8)43-48(35-25-15-5,36-26-16-6)42-47(41,33-23-13-3)34-24-14-4/h41,46H,11-40H2,1-10H3. The predicted octanol–water partition coefficient (Wildman–Crippen LogP) is 15.3. The van der Waals surface area contributed by atoms with Gasteiger partial charge in [-0.1, -0.05) is 210 Å². The average molecular weight is 810 g/mol. The van der Waals surface area contributed by atoms with Crippen molar-refractivity contribution in [1.82, 2.24) is 0 Å². The molecule has 0 saturated carbocycles. The molecule has 0 spiro atoms. The minimum absolute atomic E-state index is 0.864. The third-order valence-corrected chi connectivity index (χ3v) is 43.9. The van der Waals surface area contributed by atoms with E-state index in [2.05, 4.69) is 79.9 Å². The summed E-state index contributed by atoms with van der Waals surface area (Å²) in [5.41, 5.74) is 0. The van der Waals surface area contributed by atoms with Crippen LogP contribution in [0.2, 0.25) is 60.4 Å². The van der Waals surface area contributed by atoms with Gasteiger partial charge in [-0.25, -0.2) is 0 Å². The lowest BCUT2D eigenvalue weighted by Gasteiger charge is -2.49. The van der Waals surface area contributed by atoms with Crippen molar-refractivity contribution < 1.29 is 17.1 Å². The zero-order valence-corrected chi connectivity index (χ0v) is 41.8. The molecule has 0 amide bonds. The first-order valence-electron chi connectivity index (χ1n) is 22.6. The molecule has 0 atom stereocenters. The lowest BCUT2D eigenvalue weighted by molar-refractivity contribution is 0.261. The van der Waals surface area contributed by atoms with Gasteiger partial charge in [-0.2, -0.15) is 10.7 Å². The first-order valence-corrected chi connectivity index (χ1v) is 36.3. The highest BCUT2D eigenvalue weighted by Crippen LogP contribution is 2.45. The van der Waals surface area contributed by atoms with Gasteiger partial charge in [-0.3, -0.25) is 0 Å². The summed E-state index contributed by atoms with van der Waals surface area (Å²) in [6.07, 6.45) is 24.2. The average Bonchev–Trinajstić information content (AvgIpc) is 3.12. The van der Waals surface area contributed by atoms with Crippen molar-refractivity contribution in [2.75, 3.05) is 0 Å². The molecule has 0 aliphatic heterocycles. The minimum atomic E-state index is -2.93. The predicted molar refractivity (Wildman–Crippen MR) is 240 cm³/mol. The minimum Gasteiger partial charge on any atom is -0.428 e. The second kappa shape index (κ2) is 31.5. The SMILES string of the molecule is CCCC[SiH](CCCC)S[Si](CCCC)(CCCC)O[Si](CCCC)(CCCC)O[Si](CCCC)(CCCC)O[Si](O)(CCCC)CCCC. The van der Waals surface area contributed by atoms with Crippen molar-refractivity contribution in [2.45, 2.75) is 258 Å². The molecule has 0 aliphatic rings. The van der Waals surface area contributed by atoms with Crippen LogP contribution in [0.1, 0.15) is 198 Å². The van der Waals surface area contributed by atoms with E-state index in [1.807, 2.05) is 0 Å². The molecule has 0 radical (unpaired) electrons. The highest BCUT2D eigenvalue weighted by molar-refractivity contribution is 8.47. The fourth-order valence-electron chi connectivity index (χ4n) is 7.33. The molecule has 0 unspecified atom stereocenters. The van der Waals surface area contributed by atoms with Gasteiger partial charge in [0, 0.05) is 0 Å². The lowest BCUT2D eigenvalue weighted by Crippen LogP contribution is -2.63. The fraction of sp³-hybridized carbons (Fsp3) is 1.00. The molecule has 0 aromatic heterocycles. The molecule has 0 aliphatic carbocycles. The van der Waals surface area contributed by atoms with Crippen LogP contribution in [-0.4, -0.2) is 45.9 Å². The molecular formula is C40H92O4SSi5. The van der Waals surface area contributed by atoms with Crippen molar-refractivity contribution in [2.24, 2.45) is 0 Å². The second-order valence-electron chi connectivity index (χ2n) is 15.8. The third kappa shape index (κ3) is 22.0. The first kappa shape index (κ1) is 51.3. The summed E-state index contributed by atoms with van der Waals surface area (Å²) in [5.74, 6) is 0. The molecule has 302 valence electrons. The van der Waals surface area contributed by atoms with Crippen LogP contribution in [0.4, 0.5) is 0 Å². The van der Waals surface area contributed by atoms with Crippen LogP contribution in [0.5, 0.6) is 0 Å². The van der Waals surface area contributed by atoms with Crippen molar-refractivity contribution in [3.8, 4) is 0 Å². The Balaban J connectivity index is 7.55. The Bertz CT molecular complexity index is 725. The smallest absolute Gasteiger partial charge is 0.326 e. The Morgan fingerprint density at radius 2 is 0.680 bits per heavy atom. The molecule has 0 rings (SSSR count). The first-order chi connectivity index (χ1) is 24.1. The lowest BCUT2D eigenvalue weighted by atomic mass is 10.4. The third-order valence-electron chi connectivity index (χ3n) is 10.6. The van der Waals surface area contributed by atoms with E-state index in [0.29, 0.717) is 0 Å². The van der Waals surface area contributed by atoms with Crippen LogP contribution >= 0.6 is 10.7 Å². The molecule has 50 heavy (non-hydrogen) atoms. The van der Waals surface area contributed by atoms with Gasteiger partial charge >= 0.3 is 25.7 Å². The Morgan fingerprint density at radius 3 is 1.02 bits per heavy atom.